The van der Waals surface area contributed by atoms with Gasteiger partial charge in [-0.15, -0.1) is 0 Å². The average molecular weight is 304 g/mol. The normalized spacial score (nSPS) is 14.9. The van der Waals surface area contributed by atoms with Crippen LogP contribution in [0.1, 0.15) is 22.3 Å². The zero-order valence-corrected chi connectivity index (χ0v) is 11.5. The molecule has 0 saturated heterocycles. The lowest BCUT2D eigenvalue weighted by Gasteiger charge is -2.11. The fourth-order valence-electron chi connectivity index (χ4n) is 1.78. The van der Waals surface area contributed by atoms with Gasteiger partial charge >= 0.3 is 5.97 Å². The van der Waals surface area contributed by atoms with Gasteiger partial charge in [0, 0.05) is 18.2 Å². The molecule has 1 aliphatic heterocycles. The van der Waals surface area contributed by atoms with Crippen molar-refractivity contribution in [1.29, 1.82) is 0 Å². The molecular formula is C11H10ClNO5S. The number of nitrogens with zero attached hydrogens (tertiary/aromatic N) is 1. The molecule has 0 unspecified atom stereocenters. The van der Waals surface area contributed by atoms with Gasteiger partial charge in [-0.3, -0.25) is 0 Å². The molecule has 2 rings (SSSR count). The first-order valence-electron chi connectivity index (χ1n) is 5.27. The Kier molecular flexibility index (Phi) is 3.51. The molecule has 1 N–H and O–H groups in total. The summed E-state index contributed by atoms with van der Waals surface area (Å²) in [7, 11) is -3.55. The average Bonchev–Trinajstić information content (AvgIpc) is 2.79. The lowest BCUT2D eigenvalue weighted by atomic mass is 10.0. The third-order valence-electron chi connectivity index (χ3n) is 2.63. The third kappa shape index (κ3) is 2.57. The predicted octanol–water partition coefficient (Wildman–Crippen LogP) is 1.57. The van der Waals surface area contributed by atoms with Crippen molar-refractivity contribution in [2.45, 2.75) is 11.3 Å². The van der Waals surface area contributed by atoms with E-state index in [9.17, 15) is 13.2 Å². The maximum atomic E-state index is 11.7. The van der Waals surface area contributed by atoms with Crippen LogP contribution in [0.2, 0.25) is 5.02 Å². The van der Waals surface area contributed by atoms with Crippen molar-refractivity contribution in [2.24, 2.45) is 5.16 Å². The number of aromatic carboxylic acids is 1. The fourth-order valence-corrected chi connectivity index (χ4v) is 3.10. The SMILES string of the molecule is CS(=O)(=O)c1ccc(C(=O)O)c(Cl)c1C1=NOCC1. The van der Waals surface area contributed by atoms with Crippen LogP contribution >= 0.6 is 11.6 Å². The number of halogens is 1. The molecule has 0 atom stereocenters. The van der Waals surface area contributed by atoms with Gasteiger partial charge in [-0.25, -0.2) is 13.2 Å². The van der Waals surface area contributed by atoms with E-state index in [1.165, 1.54) is 12.1 Å². The second-order valence-electron chi connectivity index (χ2n) is 4.00. The first kappa shape index (κ1) is 13.8. The number of carbonyl (C=O) groups is 1. The van der Waals surface area contributed by atoms with Crippen molar-refractivity contribution < 1.29 is 23.2 Å². The van der Waals surface area contributed by atoms with Crippen LogP contribution in [0.4, 0.5) is 0 Å². The molecule has 6 nitrogen and oxygen atoms in total. The van der Waals surface area contributed by atoms with Crippen molar-refractivity contribution in [1.82, 2.24) is 0 Å². The molecule has 0 bridgehead atoms. The summed E-state index contributed by atoms with van der Waals surface area (Å²) in [6.45, 7) is 0.312. The lowest BCUT2D eigenvalue weighted by molar-refractivity contribution is 0.0697. The summed E-state index contributed by atoms with van der Waals surface area (Å²) < 4.78 is 23.5. The van der Waals surface area contributed by atoms with Crippen molar-refractivity contribution in [3.63, 3.8) is 0 Å². The highest BCUT2D eigenvalue weighted by Gasteiger charge is 2.26. The molecule has 1 aromatic rings. The number of benzene rings is 1. The lowest BCUT2D eigenvalue weighted by Crippen LogP contribution is -2.11. The zero-order valence-electron chi connectivity index (χ0n) is 9.88. The van der Waals surface area contributed by atoms with Crippen molar-refractivity contribution in [2.75, 3.05) is 12.9 Å². The van der Waals surface area contributed by atoms with Gasteiger partial charge in [-0.1, -0.05) is 16.8 Å². The minimum Gasteiger partial charge on any atom is -0.478 e. The quantitative estimate of drug-likeness (QED) is 0.914. The maximum absolute atomic E-state index is 11.7. The molecule has 1 aliphatic rings. The Labute approximate surface area is 114 Å². The minimum atomic E-state index is -3.55. The molecule has 0 spiro atoms. The Morgan fingerprint density at radius 1 is 1.47 bits per heavy atom. The van der Waals surface area contributed by atoms with Crippen LogP contribution in [0.25, 0.3) is 0 Å². The molecule has 1 heterocycles. The Hall–Kier alpha value is -1.60. The van der Waals surface area contributed by atoms with Gasteiger partial charge in [0.05, 0.1) is 21.2 Å². The topological polar surface area (TPSA) is 93.0 Å². The molecule has 0 amide bonds. The van der Waals surface area contributed by atoms with Gasteiger partial charge in [0.2, 0.25) is 0 Å². The molecule has 19 heavy (non-hydrogen) atoms. The smallest absolute Gasteiger partial charge is 0.337 e. The molecule has 0 aromatic heterocycles. The Morgan fingerprint density at radius 3 is 2.63 bits per heavy atom. The van der Waals surface area contributed by atoms with Gasteiger partial charge in [0.1, 0.15) is 6.61 Å². The number of hydrogen-bond acceptors (Lipinski definition) is 5. The highest BCUT2D eigenvalue weighted by atomic mass is 35.5. The fraction of sp³-hybridized carbons (Fsp3) is 0.273. The van der Waals surface area contributed by atoms with Crippen LogP contribution in [0.3, 0.4) is 0 Å². The number of carboxylic acid groups (broad SMARTS) is 1. The number of oxime groups is 1. The third-order valence-corrected chi connectivity index (χ3v) is 4.16. The summed E-state index contributed by atoms with van der Waals surface area (Å²) >= 11 is 6.01. The highest BCUT2D eigenvalue weighted by molar-refractivity contribution is 7.90. The van der Waals surface area contributed by atoms with Crippen molar-refractivity contribution in [3.05, 3.63) is 28.3 Å². The predicted molar refractivity (Wildman–Crippen MR) is 68.6 cm³/mol. The van der Waals surface area contributed by atoms with E-state index in [0.717, 1.165) is 6.26 Å². The van der Waals surface area contributed by atoms with Crippen molar-refractivity contribution >= 4 is 33.1 Å². The monoisotopic (exact) mass is 303 g/mol. The highest BCUT2D eigenvalue weighted by Crippen LogP contribution is 2.30. The van der Waals surface area contributed by atoms with E-state index in [1.54, 1.807) is 0 Å². The molecule has 0 radical (unpaired) electrons. The molecule has 0 saturated carbocycles. The Balaban J connectivity index is 2.77. The van der Waals surface area contributed by atoms with Crippen LogP contribution in [0.15, 0.2) is 22.2 Å². The summed E-state index contributed by atoms with van der Waals surface area (Å²) in [5, 5.41) is 12.6. The molecule has 0 fully saturated rings. The van der Waals surface area contributed by atoms with Crippen LogP contribution in [-0.4, -0.2) is 38.1 Å². The summed E-state index contributed by atoms with van der Waals surface area (Å²) in [6, 6.07) is 2.39. The van der Waals surface area contributed by atoms with Crippen LogP contribution in [-0.2, 0) is 14.7 Å². The van der Waals surface area contributed by atoms with E-state index in [2.05, 4.69) is 5.16 Å². The van der Waals surface area contributed by atoms with E-state index in [1.807, 2.05) is 0 Å². The standard InChI is InChI=1S/C11H10ClNO5S/c1-19(16,17)8-3-2-6(11(14)15)10(12)9(8)7-4-5-18-13-7/h2-3H,4-5H2,1H3,(H,14,15). The number of rotatable bonds is 3. The van der Waals surface area contributed by atoms with E-state index in [4.69, 9.17) is 21.5 Å². The van der Waals surface area contributed by atoms with Gasteiger partial charge in [0.25, 0.3) is 0 Å². The minimum absolute atomic E-state index is 0.0493. The van der Waals surface area contributed by atoms with E-state index < -0.39 is 15.8 Å². The second-order valence-corrected chi connectivity index (χ2v) is 6.36. The van der Waals surface area contributed by atoms with Crippen LogP contribution in [0.5, 0.6) is 0 Å². The molecule has 1 aromatic carbocycles. The molecule has 8 heteroatoms. The number of carboxylic acids is 1. The van der Waals surface area contributed by atoms with Crippen LogP contribution in [0, 0.1) is 0 Å². The Bertz CT molecular complexity index is 681. The first-order valence-corrected chi connectivity index (χ1v) is 7.54. The van der Waals surface area contributed by atoms with Gasteiger partial charge < -0.3 is 9.94 Å². The Morgan fingerprint density at radius 2 is 2.16 bits per heavy atom. The number of sulfone groups is 1. The zero-order chi connectivity index (χ0) is 14.2. The van der Waals surface area contributed by atoms with E-state index >= 15 is 0 Å². The van der Waals surface area contributed by atoms with Crippen molar-refractivity contribution in [3.8, 4) is 0 Å². The molecule has 102 valence electrons. The molecular weight excluding hydrogens is 294 g/mol. The number of hydrogen-bond donors (Lipinski definition) is 1. The van der Waals surface area contributed by atoms with Gasteiger partial charge in [-0.05, 0) is 12.1 Å². The molecule has 0 aliphatic carbocycles. The second kappa shape index (κ2) is 4.82. The maximum Gasteiger partial charge on any atom is 0.337 e. The van der Waals surface area contributed by atoms with E-state index in [0.29, 0.717) is 18.7 Å². The summed E-state index contributed by atoms with van der Waals surface area (Å²) in [4.78, 5) is 15.8. The van der Waals surface area contributed by atoms with Gasteiger partial charge in [0.15, 0.2) is 9.84 Å². The first-order chi connectivity index (χ1) is 8.82. The summed E-state index contributed by atoms with van der Waals surface area (Å²) in [5.74, 6) is -1.23. The van der Waals surface area contributed by atoms with E-state index in [-0.39, 0.29) is 21.0 Å². The van der Waals surface area contributed by atoms with Gasteiger partial charge in [-0.2, -0.15) is 0 Å². The van der Waals surface area contributed by atoms with Crippen LogP contribution < -0.4 is 0 Å². The summed E-state index contributed by atoms with van der Waals surface area (Å²) in [5.41, 5.74) is 0.286. The summed E-state index contributed by atoms with van der Waals surface area (Å²) in [6.07, 6.45) is 1.41. The largest absolute Gasteiger partial charge is 0.478 e.